The maximum Gasteiger partial charge on any atom is 0.417 e. The largest absolute Gasteiger partial charge is 0.417 e. The second-order valence-electron chi connectivity index (χ2n) is 18.0. The first-order valence-corrected chi connectivity index (χ1v) is 21.9. The number of rotatable bonds is 8. The van der Waals surface area contributed by atoms with Gasteiger partial charge < -0.3 is 14.4 Å². The van der Waals surface area contributed by atoms with Gasteiger partial charge in [0.1, 0.15) is 17.6 Å². The zero-order valence-electron chi connectivity index (χ0n) is 36.2. The van der Waals surface area contributed by atoms with E-state index in [2.05, 4.69) is 20.1 Å². The molecule has 5 amide bonds. The average Bonchev–Trinajstić information content (AvgIpc) is 3.81. The SMILES string of the molecule is CCn1c2c(c3ccc(N4CCN(CC5CN(c6ccc(-c7ccc8c(c7)C(C)(C)C(=O)N8c7ccc(C#N)c(C(F)(F)F)c7)c(F)n6)C5)CC4)cc31)C(=O)N(C1CCC(=O)NC1=O)C2=O. The van der Waals surface area contributed by atoms with Gasteiger partial charge in [0.2, 0.25) is 23.7 Å². The summed E-state index contributed by atoms with van der Waals surface area (Å²) in [6.45, 7) is 11.1. The van der Waals surface area contributed by atoms with Gasteiger partial charge in [-0.05, 0) is 99.0 Å². The van der Waals surface area contributed by atoms with Crippen LogP contribution in [0.4, 0.5) is 40.4 Å². The van der Waals surface area contributed by atoms with E-state index in [9.17, 15) is 42.4 Å². The Balaban J connectivity index is 0.766. The van der Waals surface area contributed by atoms with Crippen molar-refractivity contribution in [3.8, 4) is 17.2 Å². The molecule has 3 fully saturated rings. The van der Waals surface area contributed by atoms with Gasteiger partial charge in [0.05, 0.1) is 39.4 Å². The molecule has 0 bridgehead atoms. The Morgan fingerprint density at radius 2 is 1.62 bits per heavy atom. The van der Waals surface area contributed by atoms with Crippen molar-refractivity contribution in [1.82, 2.24) is 24.7 Å². The minimum atomic E-state index is -4.80. The summed E-state index contributed by atoms with van der Waals surface area (Å²) in [5, 5.41) is 12.1. The van der Waals surface area contributed by atoms with Gasteiger partial charge in [-0.25, -0.2) is 4.98 Å². The van der Waals surface area contributed by atoms with Crippen LogP contribution in [0.5, 0.6) is 0 Å². The van der Waals surface area contributed by atoms with E-state index in [0.717, 1.165) is 61.0 Å². The minimum Gasteiger partial charge on any atom is -0.369 e. The summed E-state index contributed by atoms with van der Waals surface area (Å²) in [6.07, 6.45) is -4.65. The molecule has 0 radical (unpaired) electrons. The van der Waals surface area contributed by atoms with Crippen LogP contribution in [0.1, 0.15) is 71.1 Å². The maximum absolute atomic E-state index is 15.8. The van der Waals surface area contributed by atoms with E-state index < -0.39 is 64.2 Å². The van der Waals surface area contributed by atoms with Gasteiger partial charge >= 0.3 is 6.18 Å². The van der Waals surface area contributed by atoms with Crippen molar-refractivity contribution in [2.45, 2.75) is 57.8 Å². The van der Waals surface area contributed by atoms with Gasteiger partial charge in [-0.1, -0.05) is 6.07 Å². The lowest BCUT2D eigenvalue weighted by Crippen LogP contribution is -2.55. The molecular formula is C48H43F4N9O5. The number of nitrogens with zero attached hydrogens (tertiary/aromatic N) is 8. The summed E-state index contributed by atoms with van der Waals surface area (Å²) >= 11 is 0. The third kappa shape index (κ3) is 6.77. The molecule has 5 aromatic rings. The Morgan fingerprint density at radius 1 is 0.879 bits per heavy atom. The monoisotopic (exact) mass is 901 g/mol. The number of aryl methyl sites for hydroxylation is 1. The van der Waals surface area contributed by atoms with E-state index in [4.69, 9.17) is 0 Å². The van der Waals surface area contributed by atoms with Gasteiger partial charge in [-0.15, -0.1) is 0 Å². The zero-order valence-corrected chi connectivity index (χ0v) is 36.2. The quantitative estimate of drug-likeness (QED) is 0.106. The number of nitrogens with one attached hydrogen (secondary N) is 1. The van der Waals surface area contributed by atoms with Crippen LogP contribution in [-0.2, 0) is 32.5 Å². The Morgan fingerprint density at radius 3 is 2.30 bits per heavy atom. The van der Waals surface area contributed by atoms with Crippen molar-refractivity contribution in [3.63, 3.8) is 0 Å². The van der Waals surface area contributed by atoms with Crippen molar-refractivity contribution in [2.24, 2.45) is 5.92 Å². The number of carbonyl (C=O) groups is 5. The molecule has 0 spiro atoms. The highest BCUT2D eigenvalue weighted by atomic mass is 19.4. The number of anilines is 4. The number of nitriles is 1. The molecule has 1 N–H and O–H groups in total. The Labute approximate surface area is 375 Å². The van der Waals surface area contributed by atoms with Gasteiger partial charge in [0, 0.05) is 87.0 Å². The van der Waals surface area contributed by atoms with Gasteiger partial charge in [-0.3, -0.25) is 44.0 Å². The lowest BCUT2D eigenvalue weighted by atomic mass is 9.85. The number of aromatic nitrogens is 2. The molecule has 66 heavy (non-hydrogen) atoms. The van der Waals surface area contributed by atoms with Crippen LogP contribution in [0, 0.1) is 23.2 Å². The first-order chi connectivity index (χ1) is 31.5. The lowest BCUT2D eigenvalue weighted by Gasteiger charge is -2.44. The summed E-state index contributed by atoms with van der Waals surface area (Å²) in [5.41, 5.74) is 1.03. The van der Waals surface area contributed by atoms with Crippen LogP contribution in [0.15, 0.2) is 66.7 Å². The second-order valence-corrected chi connectivity index (χ2v) is 18.0. The highest BCUT2D eigenvalue weighted by Gasteiger charge is 2.49. The predicted octanol–water partition coefficient (Wildman–Crippen LogP) is 6.37. The first-order valence-electron chi connectivity index (χ1n) is 21.9. The Hall–Kier alpha value is -7.13. The highest BCUT2D eigenvalue weighted by molar-refractivity contribution is 6.28. The fraction of sp³-hybridized carbons (Fsp3) is 0.354. The number of hydrogen-bond acceptors (Lipinski definition) is 10. The summed E-state index contributed by atoms with van der Waals surface area (Å²) in [5.74, 6) is -2.40. The molecule has 7 heterocycles. The standard InChI is InChI=1S/C48H43F4N9O5/c1-4-59-37-21-29(8-9-32(37)40-41(59)45(65)61(44(40)64)36-12-14-39(62)55-43(36)63)57-17-15-56(16-18-57)23-26-24-58(25-26)38-13-10-31(42(49)54-38)27-6-11-35-34(19-27)47(2,3)46(66)60(35)30-7-5-28(22-53)33(20-30)48(50,51)52/h5-11,13,19-21,26,36H,4,12,14-18,23-25H2,1-3H3,(H,55,62,63). The van der Waals surface area contributed by atoms with Crippen molar-refractivity contribution < 1.29 is 41.5 Å². The van der Waals surface area contributed by atoms with Gasteiger partial charge in [-0.2, -0.15) is 22.8 Å². The number of benzene rings is 3. The van der Waals surface area contributed by atoms with E-state index in [0.29, 0.717) is 53.6 Å². The Bertz CT molecular complexity index is 2980. The van der Waals surface area contributed by atoms with Crippen molar-refractivity contribution in [1.29, 1.82) is 5.26 Å². The number of amides is 5. The highest BCUT2D eigenvalue weighted by Crippen LogP contribution is 2.48. The summed E-state index contributed by atoms with van der Waals surface area (Å²) in [7, 11) is 0. The minimum absolute atomic E-state index is 0.0250. The maximum atomic E-state index is 15.8. The van der Waals surface area contributed by atoms with Crippen LogP contribution in [0.25, 0.3) is 22.0 Å². The number of piperazine rings is 1. The lowest BCUT2D eigenvalue weighted by molar-refractivity contribution is -0.138. The fourth-order valence-electron chi connectivity index (χ4n) is 10.2. The van der Waals surface area contributed by atoms with Crippen LogP contribution in [-0.4, -0.2) is 101 Å². The smallest absolute Gasteiger partial charge is 0.369 e. The third-order valence-electron chi connectivity index (χ3n) is 13.8. The van der Waals surface area contributed by atoms with Crippen LogP contribution >= 0.6 is 0 Å². The van der Waals surface area contributed by atoms with E-state index in [1.165, 1.54) is 11.0 Å². The molecule has 3 aromatic carbocycles. The first kappa shape index (κ1) is 42.8. The molecule has 0 saturated carbocycles. The molecule has 10 rings (SSSR count). The molecule has 5 aliphatic rings. The van der Waals surface area contributed by atoms with Crippen LogP contribution in [0.3, 0.4) is 0 Å². The Kier molecular flexibility index (Phi) is 10.1. The number of alkyl halides is 3. The summed E-state index contributed by atoms with van der Waals surface area (Å²) in [6, 6.07) is 17.9. The number of imide groups is 2. The normalized spacial score (nSPS) is 20.0. The molecule has 5 aliphatic heterocycles. The fourth-order valence-corrected chi connectivity index (χ4v) is 10.2. The average molecular weight is 902 g/mol. The third-order valence-corrected chi connectivity index (χ3v) is 13.8. The summed E-state index contributed by atoms with van der Waals surface area (Å²) in [4.78, 5) is 78.6. The number of halogens is 4. The van der Waals surface area contributed by atoms with Crippen molar-refractivity contribution >= 4 is 63.3 Å². The molecule has 1 atom stereocenters. The molecular weight excluding hydrogens is 859 g/mol. The van der Waals surface area contributed by atoms with E-state index >= 15 is 4.39 Å². The topological polar surface area (TPSA) is 155 Å². The molecule has 18 heteroatoms. The predicted molar refractivity (Wildman–Crippen MR) is 235 cm³/mol. The molecule has 14 nitrogen and oxygen atoms in total. The summed E-state index contributed by atoms with van der Waals surface area (Å²) < 4.78 is 59.1. The zero-order chi connectivity index (χ0) is 46.6. The number of pyridine rings is 1. The molecule has 0 aliphatic carbocycles. The number of hydrogen-bond donors (Lipinski definition) is 1. The number of fused-ring (bicyclic) bond motifs is 4. The second kappa shape index (κ2) is 15.5. The van der Waals surface area contributed by atoms with E-state index in [-0.39, 0.29) is 35.3 Å². The molecule has 338 valence electrons. The molecule has 1 unspecified atom stereocenters. The number of carbonyl (C=O) groups excluding carboxylic acids is 5. The van der Waals surface area contributed by atoms with E-state index in [1.807, 2.05) is 34.6 Å². The van der Waals surface area contributed by atoms with Crippen LogP contribution < -0.4 is 20.0 Å². The molecule has 3 saturated heterocycles. The van der Waals surface area contributed by atoms with E-state index in [1.54, 1.807) is 50.2 Å². The van der Waals surface area contributed by atoms with Crippen molar-refractivity contribution in [2.75, 3.05) is 60.5 Å². The van der Waals surface area contributed by atoms with Gasteiger partial charge in [0.15, 0.2) is 0 Å². The van der Waals surface area contributed by atoms with Crippen molar-refractivity contribution in [3.05, 3.63) is 101 Å². The molecule has 2 aromatic heterocycles. The van der Waals surface area contributed by atoms with Gasteiger partial charge in [0.25, 0.3) is 11.8 Å². The number of piperidine rings is 1. The van der Waals surface area contributed by atoms with Crippen LogP contribution in [0.2, 0.25) is 0 Å².